The number of carbonyl (C=O) groups excluding carboxylic acids is 3. The van der Waals surface area contributed by atoms with Crippen molar-refractivity contribution in [2.75, 3.05) is 22.9 Å². The van der Waals surface area contributed by atoms with Gasteiger partial charge in [-0.05, 0) is 51.3 Å². The van der Waals surface area contributed by atoms with Crippen molar-refractivity contribution in [3.63, 3.8) is 0 Å². The number of nitrogens with two attached hydrogens (primary N) is 1. The zero-order valence-electron chi connectivity index (χ0n) is 27.4. The Bertz CT molecular complexity index is 2210. The number of aromatic nitrogens is 8. The van der Waals surface area contributed by atoms with Gasteiger partial charge in [-0.25, -0.2) is 14.8 Å². The largest absolute Gasteiger partial charge is 0.382 e. The number of nitrogens with zero attached hydrogens (tertiary/aromatic N) is 8. The minimum absolute atomic E-state index is 0.0134. The average Bonchev–Trinajstić information content (AvgIpc) is 3.80. The van der Waals surface area contributed by atoms with E-state index in [1.807, 2.05) is 6.92 Å². The van der Waals surface area contributed by atoms with Crippen LogP contribution in [0.2, 0.25) is 0 Å². The summed E-state index contributed by atoms with van der Waals surface area (Å²) in [6.45, 7) is 6.26. The molecule has 1 saturated heterocycles. The number of fused-ring (bicyclic) bond motifs is 2. The van der Waals surface area contributed by atoms with E-state index in [0.717, 1.165) is 4.57 Å². The highest BCUT2D eigenvalue weighted by atomic mass is 16.5. The lowest BCUT2D eigenvalue weighted by molar-refractivity contribution is -0.133. The molecule has 0 bridgehead atoms. The van der Waals surface area contributed by atoms with Crippen LogP contribution in [-0.4, -0.2) is 68.6 Å². The molecule has 0 aliphatic carbocycles. The Hall–Kier alpha value is -5.91. The molecule has 5 aromatic rings. The standard InChI is InChI=1S/C31H36N12O6/c1-5-33-27(45)18-12-13-20(49-18)43-15-34-21-23(32)37-30(39-24(21)43)36-19(44)14-16-8-10-17(11-9-16)35-28(46)26-38-25-22(40(26)4)29(47)42(7-3)31(48)41(25)6-2/h8-11,15,18,20H,5-7,12-14H2,1-4H3,(H,33,45)(H,35,46)(H3,32,36,37,39,44)/t18-,20+/m0/s1. The Labute approximate surface area is 278 Å². The van der Waals surface area contributed by atoms with Gasteiger partial charge in [0.05, 0.1) is 12.7 Å². The van der Waals surface area contributed by atoms with Gasteiger partial charge in [0.25, 0.3) is 11.5 Å². The van der Waals surface area contributed by atoms with Gasteiger partial charge in [-0.3, -0.25) is 38.2 Å². The first kappa shape index (κ1) is 33.0. The highest BCUT2D eigenvalue weighted by Crippen LogP contribution is 2.31. The fourth-order valence-electron chi connectivity index (χ4n) is 5.89. The number of carbonyl (C=O) groups is 3. The molecule has 1 aliphatic heterocycles. The lowest BCUT2D eigenvalue weighted by Crippen LogP contribution is -2.39. The molecule has 1 fully saturated rings. The highest BCUT2D eigenvalue weighted by molar-refractivity contribution is 6.03. The number of nitrogens with one attached hydrogen (secondary N) is 3. The second kappa shape index (κ2) is 13.3. The summed E-state index contributed by atoms with van der Waals surface area (Å²) >= 11 is 0. The van der Waals surface area contributed by atoms with Crippen LogP contribution < -0.4 is 32.9 Å². The van der Waals surface area contributed by atoms with E-state index in [9.17, 15) is 24.0 Å². The number of rotatable bonds is 10. The van der Waals surface area contributed by atoms with E-state index >= 15 is 0 Å². The van der Waals surface area contributed by atoms with E-state index in [-0.39, 0.29) is 54.2 Å². The third-order valence-corrected chi connectivity index (χ3v) is 8.30. The second-order valence-electron chi connectivity index (χ2n) is 11.4. The van der Waals surface area contributed by atoms with E-state index in [2.05, 4.69) is 35.9 Å². The zero-order chi connectivity index (χ0) is 35.0. The molecule has 49 heavy (non-hydrogen) atoms. The minimum Gasteiger partial charge on any atom is -0.382 e. The molecule has 4 aromatic heterocycles. The first-order valence-corrected chi connectivity index (χ1v) is 15.9. The molecule has 1 aromatic carbocycles. The minimum atomic E-state index is -0.586. The van der Waals surface area contributed by atoms with Crippen molar-refractivity contribution >= 4 is 57.5 Å². The molecule has 0 saturated carbocycles. The van der Waals surface area contributed by atoms with Crippen molar-refractivity contribution in [3.05, 3.63) is 62.8 Å². The van der Waals surface area contributed by atoms with E-state index in [1.165, 1.54) is 15.5 Å². The van der Waals surface area contributed by atoms with Gasteiger partial charge in [0.15, 0.2) is 22.6 Å². The lowest BCUT2D eigenvalue weighted by atomic mass is 10.1. The van der Waals surface area contributed by atoms with Gasteiger partial charge >= 0.3 is 5.69 Å². The van der Waals surface area contributed by atoms with Crippen molar-refractivity contribution < 1.29 is 19.1 Å². The molecule has 6 rings (SSSR count). The number of nitrogen functional groups attached to an aromatic ring is 1. The number of benzene rings is 1. The van der Waals surface area contributed by atoms with Crippen LogP contribution in [0.1, 0.15) is 56.0 Å². The summed E-state index contributed by atoms with van der Waals surface area (Å²) in [7, 11) is 1.55. The zero-order valence-corrected chi connectivity index (χ0v) is 27.4. The average molecular weight is 673 g/mol. The molecule has 0 radical (unpaired) electrons. The fourth-order valence-corrected chi connectivity index (χ4v) is 5.89. The maximum absolute atomic E-state index is 13.2. The summed E-state index contributed by atoms with van der Waals surface area (Å²) in [5.41, 5.74) is 7.19. The molecule has 256 valence electrons. The summed E-state index contributed by atoms with van der Waals surface area (Å²) in [6.07, 6.45) is 1.52. The van der Waals surface area contributed by atoms with Crippen molar-refractivity contribution in [1.82, 2.24) is 43.5 Å². The predicted octanol–water partition coefficient (Wildman–Crippen LogP) is 0.906. The highest BCUT2D eigenvalue weighted by Gasteiger charge is 2.33. The molecule has 1 aliphatic rings. The number of aryl methyl sites for hydroxylation is 2. The Balaban J connectivity index is 1.13. The van der Waals surface area contributed by atoms with Crippen molar-refractivity contribution in [3.8, 4) is 0 Å². The van der Waals surface area contributed by atoms with Crippen LogP contribution >= 0.6 is 0 Å². The van der Waals surface area contributed by atoms with Crippen LogP contribution in [0.25, 0.3) is 22.3 Å². The SMILES string of the molecule is CCNC(=O)[C@@H]1CC[C@H](n2cnc3c(N)nc(NC(=O)Cc4ccc(NC(=O)c5nc6c(c(=O)n(CC)c(=O)n6CC)n5C)cc4)nc32)O1. The number of hydrogen-bond donors (Lipinski definition) is 4. The Morgan fingerprint density at radius 2 is 1.69 bits per heavy atom. The summed E-state index contributed by atoms with van der Waals surface area (Å²) in [5.74, 6) is -1.14. The summed E-state index contributed by atoms with van der Waals surface area (Å²) in [6, 6.07) is 6.61. The lowest BCUT2D eigenvalue weighted by Gasteiger charge is -2.15. The van der Waals surface area contributed by atoms with Crippen LogP contribution in [0, 0.1) is 0 Å². The molecule has 0 unspecified atom stereocenters. The summed E-state index contributed by atoms with van der Waals surface area (Å²) in [4.78, 5) is 81.4. The van der Waals surface area contributed by atoms with Gasteiger partial charge in [-0.1, -0.05) is 12.1 Å². The fraction of sp³-hybridized carbons (Fsp3) is 0.387. The molecule has 0 spiro atoms. The quantitative estimate of drug-likeness (QED) is 0.163. The van der Waals surface area contributed by atoms with Gasteiger partial charge in [0, 0.05) is 32.4 Å². The van der Waals surface area contributed by atoms with Gasteiger partial charge < -0.3 is 25.7 Å². The van der Waals surface area contributed by atoms with E-state index in [0.29, 0.717) is 41.8 Å². The number of anilines is 3. The second-order valence-corrected chi connectivity index (χ2v) is 11.4. The Morgan fingerprint density at radius 3 is 2.39 bits per heavy atom. The molecular weight excluding hydrogens is 636 g/mol. The van der Waals surface area contributed by atoms with Crippen molar-refractivity contribution in [2.24, 2.45) is 7.05 Å². The van der Waals surface area contributed by atoms with Gasteiger partial charge in [-0.2, -0.15) is 9.97 Å². The third kappa shape index (κ3) is 6.13. The Morgan fingerprint density at radius 1 is 0.959 bits per heavy atom. The molecule has 2 atom stereocenters. The molecule has 5 heterocycles. The maximum Gasteiger partial charge on any atom is 0.332 e. The third-order valence-electron chi connectivity index (χ3n) is 8.30. The monoisotopic (exact) mass is 672 g/mol. The molecule has 18 heteroatoms. The number of amides is 3. The topological polar surface area (TPSA) is 228 Å². The molecular formula is C31H36N12O6. The maximum atomic E-state index is 13.2. The van der Waals surface area contributed by atoms with Crippen molar-refractivity contribution in [1.29, 1.82) is 0 Å². The number of hydrogen-bond acceptors (Lipinski definition) is 11. The number of likely N-dealkylation sites (N-methyl/N-ethyl adjacent to an activating group) is 1. The van der Waals surface area contributed by atoms with E-state index in [1.54, 1.807) is 49.7 Å². The van der Waals surface area contributed by atoms with Gasteiger partial charge in [0.1, 0.15) is 17.8 Å². The van der Waals surface area contributed by atoms with E-state index < -0.39 is 35.4 Å². The van der Waals surface area contributed by atoms with Crippen LogP contribution in [0.4, 0.5) is 17.5 Å². The van der Waals surface area contributed by atoms with Crippen LogP contribution in [0.5, 0.6) is 0 Å². The normalized spacial score (nSPS) is 15.9. The number of ether oxygens (including phenoxy) is 1. The molecule has 18 nitrogen and oxygen atoms in total. The first-order chi connectivity index (χ1) is 23.5. The van der Waals surface area contributed by atoms with E-state index in [4.69, 9.17) is 10.5 Å². The first-order valence-electron chi connectivity index (χ1n) is 15.9. The van der Waals surface area contributed by atoms with Crippen LogP contribution in [-0.2, 0) is 40.9 Å². The number of imidazole rings is 2. The summed E-state index contributed by atoms with van der Waals surface area (Å²) in [5, 5.41) is 8.18. The van der Waals surface area contributed by atoms with Gasteiger partial charge in [0.2, 0.25) is 23.6 Å². The molecule has 3 amide bonds. The van der Waals surface area contributed by atoms with Gasteiger partial charge in [-0.15, -0.1) is 0 Å². The van der Waals surface area contributed by atoms with Crippen LogP contribution in [0.3, 0.4) is 0 Å². The Kier molecular flexibility index (Phi) is 8.96. The van der Waals surface area contributed by atoms with Crippen molar-refractivity contribution in [2.45, 2.75) is 65.5 Å². The van der Waals surface area contributed by atoms with Crippen LogP contribution in [0.15, 0.2) is 40.2 Å². The smallest absolute Gasteiger partial charge is 0.332 e. The predicted molar refractivity (Wildman–Crippen MR) is 179 cm³/mol. The molecule has 5 N–H and O–H groups in total. The summed E-state index contributed by atoms with van der Waals surface area (Å²) < 4.78 is 11.5.